The normalized spacial score (nSPS) is 11.2. The molecule has 0 radical (unpaired) electrons. The number of hydrazone groups is 1. The first-order valence-electron chi connectivity index (χ1n) is 8.76. The number of hydrogen-bond acceptors (Lipinski definition) is 5. The number of para-hydroxylation sites is 2. The van der Waals surface area contributed by atoms with Crippen molar-refractivity contribution in [2.24, 2.45) is 5.10 Å². The van der Waals surface area contributed by atoms with Crippen molar-refractivity contribution in [3.63, 3.8) is 0 Å². The fourth-order valence-electron chi connectivity index (χ4n) is 2.67. The molecule has 3 aromatic rings. The summed E-state index contributed by atoms with van der Waals surface area (Å²) < 4.78 is 2.11. The van der Waals surface area contributed by atoms with Gasteiger partial charge in [0.25, 0.3) is 5.91 Å². The molecule has 0 atom stereocenters. The van der Waals surface area contributed by atoms with E-state index in [9.17, 15) is 4.79 Å². The molecular formula is C20H23N5OS. The molecule has 1 aromatic heterocycles. The third-order valence-corrected chi connectivity index (χ3v) is 5.06. The van der Waals surface area contributed by atoms with E-state index in [4.69, 9.17) is 0 Å². The predicted octanol–water partition coefficient (Wildman–Crippen LogP) is 3.36. The number of nitrogens with zero attached hydrogens (tertiary/aromatic N) is 4. The molecule has 2 aromatic carbocycles. The Bertz CT molecular complexity index is 947. The van der Waals surface area contributed by atoms with E-state index in [1.54, 1.807) is 6.21 Å². The fourth-order valence-corrected chi connectivity index (χ4v) is 3.54. The zero-order chi connectivity index (χ0) is 19.2. The summed E-state index contributed by atoms with van der Waals surface area (Å²) in [5.41, 5.74) is 6.65. The number of aryl methyl sites for hydroxylation is 1. The van der Waals surface area contributed by atoms with Gasteiger partial charge in [-0.2, -0.15) is 5.10 Å². The molecule has 0 aliphatic heterocycles. The summed E-state index contributed by atoms with van der Waals surface area (Å²) in [5, 5.41) is 4.88. The van der Waals surface area contributed by atoms with Crippen LogP contribution in [0.2, 0.25) is 0 Å². The summed E-state index contributed by atoms with van der Waals surface area (Å²) in [6.45, 7) is 2.88. The topological polar surface area (TPSA) is 62.5 Å². The van der Waals surface area contributed by atoms with Crippen molar-refractivity contribution in [3.05, 3.63) is 54.1 Å². The van der Waals surface area contributed by atoms with Crippen LogP contribution < -0.4 is 10.3 Å². The Morgan fingerprint density at radius 3 is 2.67 bits per heavy atom. The van der Waals surface area contributed by atoms with Gasteiger partial charge in [0, 0.05) is 26.3 Å². The molecule has 140 valence electrons. The van der Waals surface area contributed by atoms with Crippen LogP contribution in [0.3, 0.4) is 0 Å². The summed E-state index contributed by atoms with van der Waals surface area (Å²) in [4.78, 5) is 18.7. The zero-order valence-corrected chi connectivity index (χ0v) is 16.5. The van der Waals surface area contributed by atoms with Gasteiger partial charge in [0.15, 0.2) is 5.16 Å². The highest BCUT2D eigenvalue weighted by Crippen LogP contribution is 2.23. The second-order valence-electron chi connectivity index (χ2n) is 6.20. The summed E-state index contributed by atoms with van der Waals surface area (Å²) in [6, 6.07) is 15.9. The van der Waals surface area contributed by atoms with E-state index >= 15 is 0 Å². The molecule has 0 bridgehead atoms. The van der Waals surface area contributed by atoms with E-state index in [-0.39, 0.29) is 11.7 Å². The molecule has 0 aliphatic rings. The Kier molecular flexibility index (Phi) is 6.13. The molecule has 1 amide bonds. The zero-order valence-electron chi connectivity index (χ0n) is 15.7. The van der Waals surface area contributed by atoms with E-state index in [1.807, 2.05) is 67.5 Å². The summed E-state index contributed by atoms with van der Waals surface area (Å²) in [7, 11) is 3.99. The lowest BCUT2D eigenvalue weighted by atomic mass is 10.2. The first-order valence-corrected chi connectivity index (χ1v) is 9.74. The fraction of sp³-hybridized carbons (Fsp3) is 0.250. The van der Waals surface area contributed by atoms with Gasteiger partial charge in [-0.3, -0.25) is 4.79 Å². The number of nitrogens with one attached hydrogen (secondary N) is 1. The molecule has 0 saturated carbocycles. The molecule has 3 rings (SSSR count). The van der Waals surface area contributed by atoms with Crippen molar-refractivity contribution < 1.29 is 4.79 Å². The number of carbonyl (C=O) groups is 1. The maximum atomic E-state index is 12.1. The number of thioether (sulfide) groups is 1. The summed E-state index contributed by atoms with van der Waals surface area (Å²) >= 11 is 1.42. The van der Waals surface area contributed by atoms with E-state index in [0.29, 0.717) is 0 Å². The van der Waals surface area contributed by atoms with Crippen LogP contribution in [0.1, 0.15) is 12.5 Å². The van der Waals surface area contributed by atoms with Gasteiger partial charge < -0.3 is 9.47 Å². The molecule has 0 spiro atoms. The van der Waals surface area contributed by atoms with Gasteiger partial charge >= 0.3 is 0 Å². The molecule has 7 heteroatoms. The summed E-state index contributed by atoms with van der Waals surface area (Å²) in [6.07, 6.45) is 1.64. The highest BCUT2D eigenvalue weighted by atomic mass is 32.2. The highest BCUT2D eigenvalue weighted by Gasteiger charge is 2.11. The molecule has 27 heavy (non-hydrogen) atoms. The van der Waals surface area contributed by atoms with E-state index in [2.05, 4.69) is 27.0 Å². The van der Waals surface area contributed by atoms with Crippen LogP contribution in [0.15, 0.2) is 58.8 Å². The Morgan fingerprint density at radius 1 is 1.22 bits per heavy atom. The number of imidazole rings is 1. The SMILES string of the molecule is CCn1c(SCC(=O)NN=Cc2ccc(N(C)C)cc2)nc2ccccc21. The molecule has 6 nitrogen and oxygen atoms in total. The van der Waals surface area contributed by atoms with Crippen molar-refractivity contribution in [3.8, 4) is 0 Å². The van der Waals surface area contributed by atoms with Crippen LogP contribution in [0, 0.1) is 0 Å². The number of anilines is 1. The average molecular weight is 382 g/mol. The van der Waals surface area contributed by atoms with Crippen LogP contribution in [0.4, 0.5) is 5.69 Å². The third-order valence-electron chi connectivity index (χ3n) is 4.08. The second kappa shape index (κ2) is 8.73. The number of hydrogen-bond donors (Lipinski definition) is 1. The number of fused-ring (bicyclic) bond motifs is 1. The highest BCUT2D eigenvalue weighted by molar-refractivity contribution is 7.99. The van der Waals surface area contributed by atoms with Gasteiger partial charge in [-0.25, -0.2) is 10.4 Å². The van der Waals surface area contributed by atoms with Gasteiger partial charge in [-0.15, -0.1) is 0 Å². The first-order chi connectivity index (χ1) is 13.1. The molecular weight excluding hydrogens is 358 g/mol. The minimum atomic E-state index is -0.157. The maximum Gasteiger partial charge on any atom is 0.250 e. The molecule has 0 saturated heterocycles. The van der Waals surface area contributed by atoms with Crippen molar-refractivity contribution in [1.82, 2.24) is 15.0 Å². The van der Waals surface area contributed by atoms with Crippen molar-refractivity contribution in [2.45, 2.75) is 18.6 Å². The lowest BCUT2D eigenvalue weighted by molar-refractivity contribution is -0.118. The van der Waals surface area contributed by atoms with Crippen LogP contribution in [0.25, 0.3) is 11.0 Å². The van der Waals surface area contributed by atoms with E-state index in [0.717, 1.165) is 34.0 Å². The number of rotatable bonds is 7. The van der Waals surface area contributed by atoms with E-state index < -0.39 is 0 Å². The van der Waals surface area contributed by atoms with Crippen LogP contribution in [-0.4, -0.2) is 41.5 Å². The number of aromatic nitrogens is 2. The smallest absolute Gasteiger partial charge is 0.250 e. The predicted molar refractivity (Wildman–Crippen MR) is 113 cm³/mol. The molecule has 0 fully saturated rings. The Labute approximate surface area is 163 Å². The van der Waals surface area contributed by atoms with E-state index in [1.165, 1.54) is 11.8 Å². The average Bonchev–Trinajstić information content (AvgIpc) is 3.04. The van der Waals surface area contributed by atoms with Crippen LogP contribution in [-0.2, 0) is 11.3 Å². The van der Waals surface area contributed by atoms with Crippen molar-refractivity contribution >= 4 is 40.6 Å². The minimum Gasteiger partial charge on any atom is -0.378 e. The summed E-state index contributed by atoms with van der Waals surface area (Å²) in [5.74, 6) is 0.108. The second-order valence-corrected chi connectivity index (χ2v) is 7.14. The minimum absolute atomic E-state index is 0.157. The van der Waals surface area contributed by atoms with Gasteiger partial charge in [-0.05, 0) is 36.8 Å². The van der Waals surface area contributed by atoms with Crippen LogP contribution in [0.5, 0.6) is 0 Å². The third kappa shape index (κ3) is 4.68. The maximum absolute atomic E-state index is 12.1. The molecule has 0 unspecified atom stereocenters. The monoisotopic (exact) mass is 381 g/mol. The van der Waals surface area contributed by atoms with Crippen LogP contribution >= 0.6 is 11.8 Å². The largest absolute Gasteiger partial charge is 0.378 e. The Morgan fingerprint density at radius 2 is 1.96 bits per heavy atom. The van der Waals surface area contributed by atoms with Crippen molar-refractivity contribution in [2.75, 3.05) is 24.7 Å². The van der Waals surface area contributed by atoms with Gasteiger partial charge in [0.1, 0.15) is 0 Å². The molecule has 0 aliphatic carbocycles. The quantitative estimate of drug-likeness (QED) is 0.387. The number of amides is 1. The number of carbonyl (C=O) groups excluding carboxylic acids is 1. The molecule has 1 N–H and O–H groups in total. The lowest BCUT2D eigenvalue weighted by Gasteiger charge is -2.11. The first kappa shape index (κ1) is 19.0. The Hall–Kier alpha value is -2.80. The lowest BCUT2D eigenvalue weighted by Crippen LogP contribution is -2.20. The van der Waals surface area contributed by atoms with Gasteiger partial charge in [0.2, 0.25) is 0 Å². The Balaban J connectivity index is 1.55. The van der Waals surface area contributed by atoms with Gasteiger partial charge in [0.05, 0.1) is 23.0 Å². The molecule has 1 heterocycles. The number of benzene rings is 2. The van der Waals surface area contributed by atoms with Crippen molar-refractivity contribution in [1.29, 1.82) is 0 Å². The van der Waals surface area contributed by atoms with Gasteiger partial charge in [-0.1, -0.05) is 36.0 Å². The standard InChI is InChI=1S/C20H23N5OS/c1-4-25-18-8-6-5-7-17(18)22-20(25)27-14-19(26)23-21-13-15-9-11-16(12-10-15)24(2)3/h5-13H,4,14H2,1-3H3,(H,23,26).